The summed E-state index contributed by atoms with van der Waals surface area (Å²) in [6.45, 7) is 7.18. The van der Waals surface area contributed by atoms with Crippen LogP contribution in [-0.4, -0.2) is 20.9 Å². The van der Waals surface area contributed by atoms with Gasteiger partial charge in [0, 0.05) is 12.0 Å². The Hall–Kier alpha value is -2.08. The van der Waals surface area contributed by atoms with Crippen molar-refractivity contribution in [1.82, 2.24) is 5.32 Å². The van der Waals surface area contributed by atoms with Crippen LogP contribution < -0.4 is 5.32 Å². The highest BCUT2D eigenvalue weighted by Gasteiger charge is 2.33. The standard InChI is InChI=1S/C18H23NO4S/c1-13-7-9-14(10-8-13)24(21,22)16(15-6-5-11-23-15)12-19-17(20)18(2,3)4/h5-11,16H,12H2,1-4H3,(H,19,20)/t16-/m1/s1. The molecule has 130 valence electrons. The van der Waals surface area contributed by atoms with Crippen molar-refractivity contribution >= 4 is 15.7 Å². The van der Waals surface area contributed by atoms with Gasteiger partial charge >= 0.3 is 0 Å². The molecule has 1 atom stereocenters. The lowest BCUT2D eigenvalue weighted by atomic mass is 9.96. The van der Waals surface area contributed by atoms with Crippen molar-refractivity contribution < 1.29 is 17.6 Å². The Bertz CT molecular complexity index is 785. The molecule has 0 saturated carbocycles. The van der Waals surface area contributed by atoms with Crippen LogP contribution in [0.2, 0.25) is 0 Å². The molecular formula is C18H23NO4S. The van der Waals surface area contributed by atoms with E-state index in [1.54, 1.807) is 57.2 Å². The maximum atomic E-state index is 13.0. The van der Waals surface area contributed by atoms with Gasteiger partial charge in [0.25, 0.3) is 0 Å². The monoisotopic (exact) mass is 349 g/mol. The molecule has 0 bridgehead atoms. The molecule has 2 rings (SSSR count). The van der Waals surface area contributed by atoms with E-state index in [9.17, 15) is 13.2 Å². The third-order valence-electron chi connectivity index (χ3n) is 3.71. The van der Waals surface area contributed by atoms with Crippen LogP contribution in [0, 0.1) is 12.3 Å². The van der Waals surface area contributed by atoms with E-state index in [2.05, 4.69) is 5.32 Å². The van der Waals surface area contributed by atoms with Gasteiger partial charge in [0.05, 0.1) is 11.2 Å². The summed E-state index contributed by atoms with van der Waals surface area (Å²) in [5.74, 6) is 0.1000. The van der Waals surface area contributed by atoms with Gasteiger partial charge in [-0.25, -0.2) is 8.42 Å². The lowest BCUT2D eigenvalue weighted by molar-refractivity contribution is -0.128. The zero-order chi connectivity index (χ0) is 18.0. The Labute approximate surface area is 143 Å². The van der Waals surface area contributed by atoms with Crippen molar-refractivity contribution in [2.45, 2.75) is 37.8 Å². The van der Waals surface area contributed by atoms with Crippen molar-refractivity contribution in [3.8, 4) is 0 Å². The zero-order valence-electron chi connectivity index (χ0n) is 14.4. The second-order valence-corrected chi connectivity index (χ2v) is 8.95. The SMILES string of the molecule is Cc1ccc(S(=O)(=O)[C@H](CNC(=O)C(C)(C)C)c2ccco2)cc1. The molecule has 0 aliphatic carbocycles. The number of rotatable bonds is 5. The quantitative estimate of drug-likeness (QED) is 0.899. The van der Waals surface area contributed by atoms with E-state index >= 15 is 0 Å². The molecule has 0 fully saturated rings. The molecule has 1 aromatic heterocycles. The Morgan fingerprint density at radius 3 is 2.29 bits per heavy atom. The van der Waals surface area contributed by atoms with E-state index in [1.165, 1.54) is 6.26 Å². The highest BCUT2D eigenvalue weighted by atomic mass is 32.2. The zero-order valence-corrected chi connectivity index (χ0v) is 15.2. The molecule has 1 N–H and O–H groups in total. The fourth-order valence-corrected chi connectivity index (χ4v) is 3.77. The summed E-state index contributed by atoms with van der Waals surface area (Å²) in [6.07, 6.45) is 1.43. The first-order chi connectivity index (χ1) is 11.1. The summed E-state index contributed by atoms with van der Waals surface area (Å²) in [4.78, 5) is 12.3. The minimum atomic E-state index is -3.69. The van der Waals surface area contributed by atoms with Crippen LogP contribution in [0.5, 0.6) is 0 Å². The lowest BCUT2D eigenvalue weighted by Crippen LogP contribution is -2.38. The molecule has 6 heteroatoms. The molecule has 0 unspecified atom stereocenters. The van der Waals surface area contributed by atoms with Crippen LogP contribution in [0.15, 0.2) is 52.0 Å². The molecule has 0 aliphatic rings. The molecule has 0 radical (unpaired) electrons. The van der Waals surface area contributed by atoms with Crippen molar-refractivity contribution in [3.63, 3.8) is 0 Å². The molecule has 0 aliphatic heterocycles. The van der Waals surface area contributed by atoms with Gasteiger partial charge in [0.2, 0.25) is 5.91 Å². The molecule has 1 heterocycles. The van der Waals surface area contributed by atoms with Crippen molar-refractivity contribution in [1.29, 1.82) is 0 Å². The van der Waals surface area contributed by atoms with Crippen LogP contribution in [0.1, 0.15) is 37.3 Å². The molecule has 1 amide bonds. The van der Waals surface area contributed by atoms with Gasteiger partial charge in [-0.05, 0) is 31.2 Å². The van der Waals surface area contributed by atoms with E-state index in [0.717, 1.165) is 5.56 Å². The maximum absolute atomic E-state index is 13.0. The van der Waals surface area contributed by atoms with Crippen LogP contribution >= 0.6 is 0 Å². The van der Waals surface area contributed by atoms with Crippen LogP contribution in [0.3, 0.4) is 0 Å². The van der Waals surface area contributed by atoms with E-state index < -0.39 is 20.5 Å². The van der Waals surface area contributed by atoms with E-state index in [0.29, 0.717) is 5.76 Å². The van der Waals surface area contributed by atoms with Gasteiger partial charge in [-0.1, -0.05) is 38.5 Å². The fraction of sp³-hybridized carbons (Fsp3) is 0.389. The van der Waals surface area contributed by atoms with E-state index in [1.807, 2.05) is 6.92 Å². The van der Waals surface area contributed by atoms with Crippen molar-refractivity contribution in [2.75, 3.05) is 6.54 Å². The minimum Gasteiger partial charge on any atom is -0.468 e. The van der Waals surface area contributed by atoms with Crippen LogP contribution in [0.4, 0.5) is 0 Å². The number of carbonyl (C=O) groups excluding carboxylic acids is 1. The number of furan rings is 1. The predicted molar refractivity (Wildman–Crippen MR) is 92.3 cm³/mol. The minimum absolute atomic E-state index is 0.0418. The molecule has 1 aromatic carbocycles. The highest BCUT2D eigenvalue weighted by molar-refractivity contribution is 7.91. The summed E-state index contributed by atoms with van der Waals surface area (Å²) in [5.41, 5.74) is 0.381. The number of amides is 1. The Morgan fingerprint density at radius 2 is 1.79 bits per heavy atom. The number of carbonyl (C=O) groups is 1. The second kappa shape index (κ2) is 6.81. The van der Waals surface area contributed by atoms with Gasteiger partial charge in [0.15, 0.2) is 9.84 Å². The third-order valence-corrected chi connectivity index (χ3v) is 5.79. The van der Waals surface area contributed by atoms with Gasteiger partial charge in [-0.3, -0.25) is 4.79 Å². The number of hydrogen-bond donors (Lipinski definition) is 1. The van der Waals surface area contributed by atoms with E-state index in [4.69, 9.17) is 4.42 Å². The Kier molecular flexibility index (Phi) is 5.18. The lowest BCUT2D eigenvalue weighted by Gasteiger charge is -2.21. The first kappa shape index (κ1) is 18.3. The summed E-state index contributed by atoms with van der Waals surface area (Å²) in [6, 6.07) is 9.90. The number of nitrogens with one attached hydrogen (secondary N) is 1. The molecule has 0 saturated heterocycles. The van der Waals surface area contributed by atoms with Crippen LogP contribution in [-0.2, 0) is 14.6 Å². The van der Waals surface area contributed by atoms with Gasteiger partial charge in [-0.2, -0.15) is 0 Å². The smallest absolute Gasteiger partial charge is 0.225 e. The molecule has 0 spiro atoms. The Balaban J connectivity index is 2.33. The molecule has 5 nitrogen and oxygen atoms in total. The third kappa shape index (κ3) is 4.06. The normalized spacial score (nSPS) is 13.5. The number of sulfone groups is 1. The maximum Gasteiger partial charge on any atom is 0.225 e. The van der Waals surface area contributed by atoms with Gasteiger partial charge in [0.1, 0.15) is 11.0 Å². The average Bonchev–Trinajstić information content (AvgIpc) is 3.00. The van der Waals surface area contributed by atoms with Crippen LogP contribution in [0.25, 0.3) is 0 Å². The first-order valence-electron chi connectivity index (χ1n) is 7.74. The predicted octanol–water partition coefficient (Wildman–Crippen LogP) is 3.27. The van der Waals surface area contributed by atoms with Gasteiger partial charge in [-0.15, -0.1) is 0 Å². The van der Waals surface area contributed by atoms with E-state index in [-0.39, 0.29) is 17.3 Å². The largest absolute Gasteiger partial charge is 0.468 e. The Morgan fingerprint density at radius 1 is 1.17 bits per heavy atom. The molecule has 2 aromatic rings. The summed E-state index contributed by atoms with van der Waals surface area (Å²) < 4.78 is 31.3. The number of hydrogen-bond acceptors (Lipinski definition) is 4. The van der Waals surface area contributed by atoms with Crippen molar-refractivity contribution in [3.05, 3.63) is 54.0 Å². The summed E-state index contributed by atoms with van der Waals surface area (Å²) >= 11 is 0. The fourth-order valence-electron chi connectivity index (χ4n) is 2.18. The molecular weight excluding hydrogens is 326 g/mol. The first-order valence-corrected chi connectivity index (χ1v) is 9.29. The highest BCUT2D eigenvalue weighted by Crippen LogP contribution is 2.29. The average molecular weight is 349 g/mol. The molecule has 24 heavy (non-hydrogen) atoms. The second-order valence-electron chi connectivity index (χ2n) is 6.82. The number of benzene rings is 1. The number of aryl methyl sites for hydroxylation is 1. The topological polar surface area (TPSA) is 76.4 Å². The van der Waals surface area contributed by atoms with Gasteiger partial charge < -0.3 is 9.73 Å². The summed E-state index contributed by atoms with van der Waals surface area (Å²) in [5, 5.41) is 1.75. The van der Waals surface area contributed by atoms with Crippen molar-refractivity contribution in [2.24, 2.45) is 5.41 Å². The summed E-state index contributed by atoms with van der Waals surface area (Å²) in [7, 11) is -3.69.